The van der Waals surface area contributed by atoms with Gasteiger partial charge >= 0.3 is 12.1 Å². The summed E-state index contributed by atoms with van der Waals surface area (Å²) >= 11 is 0. The fourth-order valence-electron chi connectivity index (χ4n) is 0.801. The third-order valence-corrected chi connectivity index (χ3v) is 2.19. The molecule has 1 atom stereocenters. The lowest BCUT2D eigenvalue weighted by molar-refractivity contribution is -0.147. The first-order chi connectivity index (χ1) is 6.46. The van der Waals surface area contributed by atoms with Crippen LogP contribution in [0.15, 0.2) is 0 Å². The van der Waals surface area contributed by atoms with Crippen molar-refractivity contribution in [1.82, 2.24) is 5.32 Å². The molecular weight excluding hydrogens is 186 g/mol. The molecule has 5 nitrogen and oxygen atoms in total. The van der Waals surface area contributed by atoms with Crippen molar-refractivity contribution in [3.8, 4) is 0 Å². The topological polar surface area (TPSA) is 75.6 Å². The molecule has 5 heteroatoms. The van der Waals surface area contributed by atoms with Gasteiger partial charge in [0.1, 0.15) is 0 Å². The lowest BCUT2D eigenvalue weighted by atomic mass is 9.88. The average molecular weight is 203 g/mol. The minimum atomic E-state index is -0.924. The number of ether oxygens (including phenoxy) is 1. The minimum absolute atomic E-state index is 0.0810. The summed E-state index contributed by atoms with van der Waals surface area (Å²) in [6.07, 6.45) is -0.122. The van der Waals surface area contributed by atoms with E-state index in [2.05, 4.69) is 10.1 Å². The van der Waals surface area contributed by atoms with Crippen molar-refractivity contribution in [3.05, 3.63) is 0 Å². The van der Waals surface area contributed by atoms with Gasteiger partial charge in [-0.05, 0) is 20.3 Å². The highest BCUT2D eigenvalue weighted by atomic mass is 16.5. The molecule has 0 aromatic carbocycles. The quantitative estimate of drug-likeness (QED) is 0.704. The molecule has 0 saturated carbocycles. The van der Waals surface area contributed by atoms with E-state index in [9.17, 15) is 9.59 Å². The van der Waals surface area contributed by atoms with Crippen LogP contribution in [-0.4, -0.2) is 30.3 Å². The number of amides is 1. The highest BCUT2D eigenvalue weighted by Crippen LogP contribution is 2.19. The van der Waals surface area contributed by atoms with Crippen molar-refractivity contribution >= 4 is 12.1 Å². The molecule has 2 N–H and O–H groups in total. The first kappa shape index (κ1) is 12.7. The predicted molar refractivity (Wildman–Crippen MR) is 51.1 cm³/mol. The van der Waals surface area contributed by atoms with Crippen LogP contribution < -0.4 is 5.32 Å². The number of hydrogen-bond acceptors (Lipinski definition) is 3. The zero-order valence-electron chi connectivity index (χ0n) is 8.79. The van der Waals surface area contributed by atoms with Crippen LogP contribution >= 0.6 is 0 Å². The van der Waals surface area contributed by atoms with Gasteiger partial charge in [-0.25, -0.2) is 4.79 Å². The molecule has 0 aliphatic heterocycles. The third-order valence-electron chi connectivity index (χ3n) is 2.19. The highest BCUT2D eigenvalue weighted by Gasteiger charge is 2.31. The summed E-state index contributed by atoms with van der Waals surface area (Å²) in [5.74, 6) is -0.920. The molecule has 0 aromatic rings. The summed E-state index contributed by atoms with van der Waals surface area (Å²) in [6.45, 7) is 5.40. The van der Waals surface area contributed by atoms with E-state index in [1.165, 1.54) is 0 Å². The van der Waals surface area contributed by atoms with E-state index in [1.807, 2.05) is 0 Å². The lowest BCUT2D eigenvalue weighted by Crippen LogP contribution is -2.40. The molecule has 14 heavy (non-hydrogen) atoms. The van der Waals surface area contributed by atoms with Gasteiger partial charge in [0, 0.05) is 6.54 Å². The van der Waals surface area contributed by atoms with E-state index >= 15 is 0 Å². The van der Waals surface area contributed by atoms with Crippen molar-refractivity contribution in [2.24, 2.45) is 5.41 Å². The summed E-state index contributed by atoms with van der Waals surface area (Å²) in [5.41, 5.74) is -0.924. The number of carboxylic acids is 1. The molecule has 0 bridgehead atoms. The van der Waals surface area contributed by atoms with Crippen LogP contribution in [-0.2, 0) is 9.53 Å². The van der Waals surface area contributed by atoms with Gasteiger partial charge in [-0.3, -0.25) is 4.79 Å². The Kier molecular flexibility index (Phi) is 4.97. The molecule has 1 amide bonds. The third kappa shape index (κ3) is 3.64. The Balaban J connectivity index is 4.08. The second-order valence-electron chi connectivity index (χ2n) is 3.29. The number of aliphatic carboxylic acids is 1. The highest BCUT2D eigenvalue weighted by molar-refractivity contribution is 5.75. The smallest absolute Gasteiger partial charge is 0.407 e. The first-order valence-electron chi connectivity index (χ1n) is 4.60. The lowest BCUT2D eigenvalue weighted by Gasteiger charge is -2.22. The number of hydrogen-bond donors (Lipinski definition) is 2. The maximum atomic E-state index is 10.9. The standard InChI is InChI=1S/C9H17NO4/c1-4-9(3,7(11)12)6-10-8(13)14-5-2/h4-6H2,1-3H3,(H,10,13)(H,11,12). The summed E-state index contributed by atoms with van der Waals surface area (Å²) in [5, 5.41) is 11.3. The monoisotopic (exact) mass is 203 g/mol. The molecule has 82 valence electrons. The Morgan fingerprint density at radius 1 is 1.43 bits per heavy atom. The van der Waals surface area contributed by atoms with Gasteiger partial charge in [-0.2, -0.15) is 0 Å². The van der Waals surface area contributed by atoms with E-state index in [-0.39, 0.29) is 13.2 Å². The van der Waals surface area contributed by atoms with E-state index in [0.717, 1.165) is 0 Å². The molecular formula is C9H17NO4. The molecule has 0 heterocycles. The van der Waals surface area contributed by atoms with Gasteiger partial charge in [0.25, 0.3) is 0 Å². The fraction of sp³-hybridized carbons (Fsp3) is 0.778. The number of carbonyl (C=O) groups excluding carboxylic acids is 1. The van der Waals surface area contributed by atoms with Crippen LogP contribution in [0.1, 0.15) is 27.2 Å². The summed E-state index contributed by atoms with van der Waals surface area (Å²) in [4.78, 5) is 21.7. The van der Waals surface area contributed by atoms with Crippen LogP contribution in [0, 0.1) is 5.41 Å². The molecule has 0 spiro atoms. The second kappa shape index (κ2) is 5.47. The molecule has 0 fully saturated rings. The summed E-state index contributed by atoms with van der Waals surface area (Å²) < 4.78 is 4.62. The van der Waals surface area contributed by atoms with Crippen molar-refractivity contribution in [1.29, 1.82) is 0 Å². The summed E-state index contributed by atoms with van der Waals surface area (Å²) in [7, 11) is 0. The number of carboxylic acid groups (broad SMARTS) is 1. The maximum absolute atomic E-state index is 10.9. The van der Waals surface area contributed by atoms with Crippen LogP contribution in [0.3, 0.4) is 0 Å². The molecule has 0 radical (unpaired) electrons. The van der Waals surface area contributed by atoms with Crippen molar-refractivity contribution in [3.63, 3.8) is 0 Å². The largest absolute Gasteiger partial charge is 0.481 e. The molecule has 0 aromatic heterocycles. The maximum Gasteiger partial charge on any atom is 0.407 e. The van der Waals surface area contributed by atoms with Gasteiger partial charge in [-0.1, -0.05) is 6.92 Å². The van der Waals surface area contributed by atoms with Crippen LogP contribution in [0.4, 0.5) is 4.79 Å². The van der Waals surface area contributed by atoms with Gasteiger partial charge in [0.15, 0.2) is 0 Å². The van der Waals surface area contributed by atoms with E-state index in [4.69, 9.17) is 5.11 Å². The normalized spacial score (nSPS) is 14.2. The Hall–Kier alpha value is -1.26. The fourth-order valence-corrected chi connectivity index (χ4v) is 0.801. The van der Waals surface area contributed by atoms with Crippen molar-refractivity contribution in [2.75, 3.05) is 13.2 Å². The molecule has 0 aliphatic carbocycles. The SMILES string of the molecule is CCOC(=O)NCC(C)(CC)C(=O)O. The predicted octanol–water partition coefficient (Wildman–Crippen LogP) is 1.23. The number of alkyl carbamates (subject to hydrolysis) is 1. The minimum Gasteiger partial charge on any atom is -0.481 e. The Bertz CT molecular complexity index is 217. The number of nitrogens with one attached hydrogen (secondary N) is 1. The second-order valence-corrected chi connectivity index (χ2v) is 3.29. The molecule has 0 aliphatic rings. The van der Waals surface area contributed by atoms with Gasteiger partial charge in [-0.15, -0.1) is 0 Å². The van der Waals surface area contributed by atoms with E-state index < -0.39 is 17.5 Å². The van der Waals surface area contributed by atoms with E-state index in [1.54, 1.807) is 20.8 Å². The van der Waals surface area contributed by atoms with Gasteiger partial charge in [0.05, 0.1) is 12.0 Å². The molecule has 0 rings (SSSR count). The zero-order chi connectivity index (χ0) is 11.2. The Labute approximate surface area is 83.4 Å². The average Bonchev–Trinajstić information content (AvgIpc) is 2.14. The van der Waals surface area contributed by atoms with Crippen LogP contribution in [0.25, 0.3) is 0 Å². The van der Waals surface area contributed by atoms with Crippen molar-refractivity contribution in [2.45, 2.75) is 27.2 Å². The molecule has 1 unspecified atom stereocenters. The number of carbonyl (C=O) groups is 2. The first-order valence-corrected chi connectivity index (χ1v) is 4.60. The number of rotatable bonds is 5. The molecule has 0 saturated heterocycles. The van der Waals surface area contributed by atoms with Crippen molar-refractivity contribution < 1.29 is 19.4 Å². The van der Waals surface area contributed by atoms with Crippen LogP contribution in [0.5, 0.6) is 0 Å². The van der Waals surface area contributed by atoms with Gasteiger partial charge in [0.2, 0.25) is 0 Å². The van der Waals surface area contributed by atoms with Gasteiger partial charge < -0.3 is 15.2 Å². The Morgan fingerprint density at radius 2 is 2.00 bits per heavy atom. The Morgan fingerprint density at radius 3 is 2.36 bits per heavy atom. The van der Waals surface area contributed by atoms with E-state index in [0.29, 0.717) is 6.42 Å². The van der Waals surface area contributed by atoms with Crippen LogP contribution in [0.2, 0.25) is 0 Å². The summed E-state index contributed by atoms with van der Waals surface area (Å²) in [6, 6.07) is 0. The zero-order valence-corrected chi connectivity index (χ0v) is 8.79.